The molecular weight excluding hydrogens is 382 g/mol. The Hall–Kier alpha value is -3.61. The molecule has 0 atom stereocenters. The summed E-state index contributed by atoms with van der Waals surface area (Å²) in [5.41, 5.74) is 2.53. The smallest absolute Gasteiger partial charge is 0.252 e. The van der Waals surface area contributed by atoms with Crippen LogP contribution in [0.2, 0.25) is 0 Å². The number of hydrogen-bond donors (Lipinski definition) is 2. The highest BCUT2D eigenvalue weighted by atomic mass is 16.5. The van der Waals surface area contributed by atoms with Crippen molar-refractivity contribution in [2.45, 2.75) is 19.9 Å². The SMILES string of the molecule is COc1ccc(-c2cc(C(=O)NCC(=O)NC(C)C)c3ccccc3n2)cc1OC. The van der Waals surface area contributed by atoms with Crippen LogP contribution in [-0.2, 0) is 4.79 Å². The van der Waals surface area contributed by atoms with Crippen molar-refractivity contribution in [1.29, 1.82) is 0 Å². The van der Waals surface area contributed by atoms with Gasteiger partial charge in [0, 0.05) is 17.0 Å². The van der Waals surface area contributed by atoms with E-state index in [1.807, 2.05) is 50.2 Å². The second-order valence-corrected chi connectivity index (χ2v) is 7.05. The second-order valence-electron chi connectivity index (χ2n) is 7.05. The Morgan fingerprint density at radius 1 is 1.00 bits per heavy atom. The Labute approximate surface area is 175 Å². The molecule has 0 aliphatic carbocycles. The highest BCUT2D eigenvalue weighted by Crippen LogP contribution is 2.33. The number of carbonyl (C=O) groups is 2. The molecular formula is C23H25N3O4. The predicted octanol–water partition coefficient (Wildman–Crippen LogP) is 3.17. The number of rotatable bonds is 7. The van der Waals surface area contributed by atoms with Gasteiger partial charge in [0.1, 0.15) is 0 Å². The maximum atomic E-state index is 12.9. The first-order chi connectivity index (χ1) is 14.4. The molecule has 0 spiro atoms. The van der Waals surface area contributed by atoms with Crippen LogP contribution in [0.3, 0.4) is 0 Å². The van der Waals surface area contributed by atoms with Crippen molar-refractivity contribution in [3.63, 3.8) is 0 Å². The number of methoxy groups -OCH3 is 2. The van der Waals surface area contributed by atoms with Gasteiger partial charge in [0.2, 0.25) is 5.91 Å². The molecule has 1 heterocycles. The first-order valence-corrected chi connectivity index (χ1v) is 9.62. The Morgan fingerprint density at radius 3 is 2.43 bits per heavy atom. The van der Waals surface area contributed by atoms with Gasteiger partial charge in [0.15, 0.2) is 11.5 Å². The number of amides is 2. The number of carbonyl (C=O) groups excluding carboxylic acids is 2. The van der Waals surface area contributed by atoms with E-state index in [2.05, 4.69) is 10.6 Å². The van der Waals surface area contributed by atoms with Crippen molar-refractivity contribution >= 4 is 22.7 Å². The van der Waals surface area contributed by atoms with Crippen LogP contribution in [0.4, 0.5) is 0 Å². The molecule has 0 saturated heterocycles. The van der Waals surface area contributed by atoms with Crippen LogP contribution in [0.25, 0.3) is 22.2 Å². The number of ether oxygens (including phenoxy) is 2. The van der Waals surface area contributed by atoms with E-state index in [1.165, 1.54) is 0 Å². The van der Waals surface area contributed by atoms with Crippen molar-refractivity contribution < 1.29 is 19.1 Å². The van der Waals surface area contributed by atoms with E-state index in [9.17, 15) is 9.59 Å². The van der Waals surface area contributed by atoms with Crippen molar-refractivity contribution in [2.75, 3.05) is 20.8 Å². The average molecular weight is 407 g/mol. The standard InChI is InChI=1S/C23H25N3O4/c1-14(2)25-22(27)13-24-23(28)17-12-19(26-18-8-6-5-7-16(17)18)15-9-10-20(29-3)21(11-15)30-4/h5-12,14H,13H2,1-4H3,(H,24,28)(H,25,27). The van der Waals surface area contributed by atoms with E-state index in [0.717, 1.165) is 5.56 Å². The van der Waals surface area contributed by atoms with Crippen LogP contribution in [-0.4, -0.2) is 43.6 Å². The van der Waals surface area contributed by atoms with Gasteiger partial charge in [-0.2, -0.15) is 0 Å². The third kappa shape index (κ3) is 4.68. The van der Waals surface area contributed by atoms with E-state index in [-0.39, 0.29) is 24.4 Å². The monoisotopic (exact) mass is 407 g/mol. The highest BCUT2D eigenvalue weighted by Gasteiger charge is 2.16. The summed E-state index contributed by atoms with van der Waals surface area (Å²) < 4.78 is 10.7. The van der Waals surface area contributed by atoms with E-state index in [0.29, 0.717) is 33.7 Å². The van der Waals surface area contributed by atoms with E-state index in [1.54, 1.807) is 26.4 Å². The summed E-state index contributed by atoms with van der Waals surface area (Å²) >= 11 is 0. The molecule has 3 rings (SSSR count). The molecule has 2 aromatic carbocycles. The number of hydrogen-bond acceptors (Lipinski definition) is 5. The zero-order chi connectivity index (χ0) is 21.7. The van der Waals surface area contributed by atoms with Gasteiger partial charge in [-0.05, 0) is 44.2 Å². The van der Waals surface area contributed by atoms with Gasteiger partial charge in [-0.3, -0.25) is 9.59 Å². The second kappa shape index (κ2) is 9.26. The fourth-order valence-electron chi connectivity index (χ4n) is 3.14. The minimum absolute atomic E-state index is 0.00723. The zero-order valence-corrected chi connectivity index (χ0v) is 17.5. The molecule has 30 heavy (non-hydrogen) atoms. The lowest BCUT2D eigenvalue weighted by molar-refractivity contribution is -0.120. The molecule has 1 aromatic heterocycles. The Morgan fingerprint density at radius 2 is 1.73 bits per heavy atom. The van der Waals surface area contributed by atoms with Crippen molar-refractivity contribution in [3.8, 4) is 22.8 Å². The molecule has 0 fully saturated rings. The Kier molecular flexibility index (Phi) is 6.51. The quantitative estimate of drug-likeness (QED) is 0.628. The minimum atomic E-state index is -0.339. The van der Waals surface area contributed by atoms with Crippen molar-refractivity contribution in [2.24, 2.45) is 0 Å². The van der Waals surface area contributed by atoms with Crippen molar-refractivity contribution in [3.05, 3.63) is 54.1 Å². The maximum absolute atomic E-state index is 12.9. The summed E-state index contributed by atoms with van der Waals surface area (Å²) in [6.07, 6.45) is 0. The highest BCUT2D eigenvalue weighted by molar-refractivity contribution is 6.08. The number of nitrogens with one attached hydrogen (secondary N) is 2. The zero-order valence-electron chi connectivity index (χ0n) is 17.5. The van der Waals surface area contributed by atoms with E-state index in [4.69, 9.17) is 14.5 Å². The topological polar surface area (TPSA) is 89.5 Å². The van der Waals surface area contributed by atoms with Crippen LogP contribution >= 0.6 is 0 Å². The van der Waals surface area contributed by atoms with Gasteiger partial charge in [-0.1, -0.05) is 18.2 Å². The first-order valence-electron chi connectivity index (χ1n) is 9.62. The molecule has 0 aliphatic rings. The molecule has 156 valence electrons. The summed E-state index contributed by atoms with van der Waals surface area (Å²) in [6.45, 7) is 3.64. The van der Waals surface area contributed by atoms with Gasteiger partial charge in [0.25, 0.3) is 5.91 Å². The molecule has 2 amide bonds. The largest absolute Gasteiger partial charge is 0.493 e. The fourth-order valence-corrected chi connectivity index (χ4v) is 3.14. The number of benzene rings is 2. The summed E-state index contributed by atoms with van der Waals surface area (Å²) in [5, 5.41) is 6.16. The summed E-state index contributed by atoms with van der Waals surface area (Å²) in [6, 6.07) is 14.6. The molecule has 2 N–H and O–H groups in total. The Balaban J connectivity index is 1.99. The van der Waals surface area contributed by atoms with Gasteiger partial charge in [-0.15, -0.1) is 0 Å². The molecule has 7 nitrogen and oxygen atoms in total. The van der Waals surface area contributed by atoms with Crippen LogP contribution in [0, 0.1) is 0 Å². The predicted molar refractivity (Wildman–Crippen MR) is 116 cm³/mol. The fraction of sp³-hybridized carbons (Fsp3) is 0.261. The molecule has 0 aliphatic heterocycles. The average Bonchev–Trinajstić information content (AvgIpc) is 2.75. The van der Waals surface area contributed by atoms with Crippen LogP contribution in [0.5, 0.6) is 11.5 Å². The molecule has 0 unspecified atom stereocenters. The molecule has 3 aromatic rings. The lowest BCUT2D eigenvalue weighted by Gasteiger charge is -2.13. The third-order valence-electron chi connectivity index (χ3n) is 4.50. The molecule has 0 bridgehead atoms. The van der Waals surface area contributed by atoms with Gasteiger partial charge in [-0.25, -0.2) is 4.98 Å². The number of nitrogens with zero attached hydrogens (tertiary/aromatic N) is 1. The maximum Gasteiger partial charge on any atom is 0.252 e. The minimum Gasteiger partial charge on any atom is -0.493 e. The van der Waals surface area contributed by atoms with Gasteiger partial charge >= 0.3 is 0 Å². The molecule has 0 radical (unpaired) electrons. The summed E-state index contributed by atoms with van der Waals surface area (Å²) in [5.74, 6) is 0.601. The third-order valence-corrected chi connectivity index (χ3v) is 4.50. The molecule has 0 saturated carbocycles. The molecule has 7 heteroatoms. The Bertz CT molecular complexity index is 1080. The van der Waals surface area contributed by atoms with Crippen LogP contribution < -0.4 is 20.1 Å². The summed E-state index contributed by atoms with van der Waals surface area (Å²) in [4.78, 5) is 29.5. The first kappa shape index (κ1) is 21.1. The normalized spacial score (nSPS) is 10.7. The number of para-hydroxylation sites is 1. The lowest BCUT2D eigenvalue weighted by atomic mass is 10.0. The number of aromatic nitrogens is 1. The number of fused-ring (bicyclic) bond motifs is 1. The van der Waals surface area contributed by atoms with E-state index < -0.39 is 0 Å². The summed E-state index contributed by atoms with van der Waals surface area (Å²) in [7, 11) is 3.14. The van der Waals surface area contributed by atoms with Crippen LogP contribution in [0.15, 0.2) is 48.5 Å². The van der Waals surface area contributed by atoms with Crippen molar-refractivity contribution in [1.82, 2.24) is 15.6 Å². The lowest BCUT2D eigenvalue weighted by Crippen LogP contribution is -2.39. The van der Waals surface area contributed by atoms with E-state index >= 15 is 0 Å². The van der Waals surface area contributed by atoms with Gasteiger partial charge in [0.05, 0.1) is 37.5 Å². The number of pyridine rings is 1. The van der Waals surface area contributed by atoms with Crippen LogP contribution in [0.1, 0.15) is 24.2 Å². The van der Waals surface area contributed by atoms with Gasteiger partial charge < -0.3 is 20.1 Å².